The van der Waals surface area contributed by atoms with Crippen molar-refractivity contribution in [2.45, 2.75) is 19.4 Å². The van der Waals surface area contributed by atoms with E-state index in [9.17, 15) is 8.78 Å². The summed E-state index contributed by atoms with van der Waals surface area (Å²) in [7, 11) is 0. The summed E-state index contributed by atoms with van der Waals surface area (Å²) in [4.78, 5) is 0. The number of aromatic nitrogens is 4. The molecule has 4 aromatic rings. The fourth-order valence-corrected chi connectivity index (χ4v) is 3.55. The number of hydrogen-bond acceptors (Lipinski definition) is 2. The molecule has 1 aliphatic rings. The van der Waals surface area contributed by atoms with Gasteiger partial charge in [0.05, 0.1) is 16.7 Å². The van der Waals surface area contributed by atoms with Crippen LogP contribution >= 0.6 is 0 Å². The zero-order chi connectivity index (χ0) is 15.8. The molecule has 0 spiro atoms. The minimum atomic E-state index is -3.01. The van der Waals surface area contributed by atoms with E-state index in [0.29, 0.717) is 29.1 Å². The molecule has 0 atom stereocenters. The summed E-state index contributed by atoms with van der Waals surface area (Å²) in [5.41, 5.74) is 2.91. The molecule has 5 rings (SSSR count). The smallest absolute Gasteiger partial charge is 0.313 e. The lowest BCUT2D eigenvalue weighted by Crippen LogP contribution is -2.27. The van der Waals surface area contributed by atoms with Crippen molar-refractivity contribution in [1.29, 1.82) is 0 Å². The molecule has 0 fully saturated rings. The van der Waals surface area contributed by atoms with Gasteiger partial charge < -0.3 is 4.57 Å². The zero-order valence-electron chi connectivity index (χ0n) is 12.3. The number of halogens is 2. The van der Waals surface area contributed by atoms with Gasteiger partial charge in [-0.3, -0.25) is 4.40 Å². The highest BCUT2D eigenvalue weighted by atomic mass is 19.3. The van der Waals surface area contributed by atoms with E-state index >= 15 is 0 Å². The van der Waals surface area contributed by atoms with Gasteiger partial charge in [0.1, 0.15) is 5.82 Å². The Hall–Kier alpha value is -2.76. The molecule has 3 aromatic heterocycles. The van der Waals surface area contributed by atoms with Gasteiger partial charge in [-0.2, -0.15) is 8.78 Å². The van der Waals surface area contributed by atoms with Crippen molar-refractivity contribution < 1.29 is 8.78 Å². The van der Waals surface area contributed by atoms with Gasteiger partial charge >= 0.3 is 5.92 Å². The van der Waals surface area contributed by atoms with Crippen molar-refractivity contribution in [2.24, 2.45) is 0 Å². The van der Waals surface area contributed by atoms with Gasteiger partial charge in [0.25, 0.3) is 0 Å². The number of aryl methyl sites for hydroxylation is 1. The Morgan fingerprint density at radius 3 is 2.74 bits per heavy atom. The van der Waals surface area contributed by atoms with Crippen LogP contribution in [-0.4, -0.2) is 19.2 Å². The van der Waals surface area contributed by atoms with Crippen LogP contribution in [0.4, 0.5) is 8.78 Å². The molecule has 4 heterocycles. The third-order valence-corrected chi connectivity index (χ3v) is 4.60. The second-order valence-corrected chi connectivity index (χ2v) is 5.89. The fraction of sp³-hybridized carbons (Fsp3) is 0.176. The lowest BCUT2D eigenvalue weighted by molar-refractivity contribution is 0.0291. The maximum atomic E-state index is 15.0. The third-order valence-electron chi connectivity index (χ3n) is 4.60. The number of hydrogen-bond donors (Lipinski definition) is 0. The zero-order valence-corrected chi connectivity index (χ0v) is 12.3. The van der Waals surface area contributed by atoms with Crippen LogP contribution in [0.3, 0.4) is 0 Å². The van der Waals surface area contributed by atoms with Crippen molar-refractivity contribution in [2.75, 3.05) is 0 Å². The topological polar surface area (TPSA) is 35.1 Å². The molecule has 0 unspecified atom stereocenters. The Kier molecular flexibility index (Phi) is 2.19. The van der Waals surface area contributed by atoms with E-state index < -0.39 is 5.92 Å². The Labute approximate surface area is 130 Å². The first-order valence-electron chi connectivity index (χ1n) is 7.38. The van der Waals surface area contributed by atoms with Crippen molar-refractivity contribution in [3.05, 3.63) is 65.1 Å². The standard InChI is InChI=1S/C17H12F2N4/c1-10-20-21-16-7-6-13-14(23(10)16)8-15-17(18,19)12-5-3-2-4-11(12)9-22(13)15/h2-8H,9H2,1H3. The molecule has 1 aliphatic heterocycles. The molecule has 6 heteroatoms. The SMILES string of the molecule is Cc1nnc2ccc3c(cc4n3Cc3ccccc3C4(F)F)n12. The first-order chi connectivity index (χ1) is 11.1. The molecule has 1 aromatic carbocycles. The predicted molar refractivity (Wildman–Crippen MR) is 81.8 cm³/mol. The monoisotopic (exact) mass is 310 g/mol. The van der Waals surface area contributed by atoms with Crippen molar-refractivity contribution >= 4 is 16.7 Å². The molecule has 23 heavy (non-hydrogen) atoms. The van der Waals surface area contributed by atoms with Gasteiger partial charge in [0.15, 0.2) is 5.65 Å². The van der Waals surface area contributed by atoms with Crippen LogP contribution in [0.25, 0.3) is 16.7 Å². The molecule has 4 nitrogen and oxygen atoms in total. The summed E-state index contributed by atoms with van der Waals surface area (Å²) < 4.78 is 33.5. The van der Waals surface area contributed by atoms with Crippen LogP contribution in [0.1, 0.15) is 22.6 Å². The number of fused-ring (bicyclic) bond motifs is 6. The molecule has 0 N–H and O–H groups in total. The fourth-order valence-electron chi connectivity index (χ4n) is 3.55. The van der Waals surface area contributed by atoms with Gasteiger partial charge in [0, 0.05) is 12.1 Å². The van der Waals surface area contributed by atoms with Crippen LogP contribution in [0.5, 0.6) is 0 Å². The summed E-state index contributed by atoms with van der Waals surface area (Å²) in [6, 6.07) is 12.0. The summed E-state index contributed by atoms with van der Waals surface area (Å²) >= 11 is 0. The molecule has 114 valence electrons. The van der Waals surface area contributed by atoms with Crippen LogP contribution in [0.15, 0.2) is 42.5 Å². The largest absolute Gasteiger partial charge is 0.333 e. The second kappa shape index (κ2) is 3.95. The first kappa shape index (κ1) is 12.8. The van der Waals surface area contributed by atoms with Gasteiger partial charge in [0.2, 0.25) is 0 Å². The second-order valence-electron chi connectivity index (χ2n) is 5.89. The lowest BCUT2D eigenvalue weighted by atomic mass is 9.96. The lowest BCUT2D eigenvalue weighted by Gasteiger charge is -2.27. The van der Waals surface area contributed by atoms with E-state index in [0.717, 1.165) is 5.52 Å². The van der Waals surface area contributed by atoms with E-state index in [1.807, 2.05) is 23.5 Å². The number of benzene rings is 1. The first-order valence-corrected chi connectivity index (χ1v) is 7.38. The Morgan fingerprint density at radius 1 is 1.04 bits per heavy atom. The Balaban J connectivity index is 1.92. The predicted octanol–water partition coefficient (Wildman–Crippen LogP) is 3.49. The molecular formula is C17H12F2N4. The summed E-state index contributed by atoms with van der Waals surface area (Å²) in [6.07, 6.45) is 0. The van der Waals surface area contributed by atoms with Crippen molar-refractivity contribution in [1.82, 2.24) is 19.2 Å². The molecule has 0 radical (unpaired) electrons. The van der Waals surface area contributed by atoms with Gasteiger partial charge in [-0.15, -0.1) is 10.2 Å². The molecular weight excluding hydrogens is 298 g/mol. The quantitative estimate of drug-likeness (QED) is 0.498. The van der Waals surface area contributed by atoms with Crippen LogP contribution in [0, 0.1) is 6.92 Å². The van der Waals surface area contributed by atoms with E-state index in [4.69, 9.17) is 0 Å². The minimum Gasteiger partial charge on any atom is -0.333 e. The number of pyridine rings is 1. The van der Waals surface area contributed by atoms with E-state index in [2.05, 4.69) is 10.2 Å². The number of alkyl halides is 2. The third kappa shape index (κ3) is 1.48. The molecule has 0 bridgehead atoms. The van der Waals surface area contributed by atoms with Gasteiger partial charge in [-0.05, 0) is 30.7 Å². The highest BCUT2D eigenvalue weighted by Gasteiger charge is 2.42. The van der Waals surface area contributed by atoms with Crippen LogP contribution in [-0.2, 0) is 12.5 Å². The van der Waals surface area contributed by atoms with Crippen molar-refractivity contribution in [3.8, 4) is 0 Å². The van der Waals surface area contributed by atoms with E-state index in [1.165, 1.54) is 6.07 Å². The maximum Gasteiger partial charge on any atom is 0.313 e. The average Bonchev–Trinajstić information content (AvgIpc) is 3.09. The number of nitrogens with zero attached hydrogens (tertiary/aromatic N) is 4. The average molecular weight is 310 g/mol. The highest BCUT2D eigenvalue weighted by Crippen LogP contribution is 2.43. The summed E-state index contributed by atoms with van der Waals surface area (Å²) in [5, 5.41) is 8.11. The Morgan fingerprint density at radius 2 is 1.87 bits per heavy atom. The van der Waals surface area contributed by atoms with Crippen LogP contribution in [0.2, 0.25) is 0 Å². The summed E-state index contributed by atoms with van der Waals surface area (Å²) in [6.45, 7) is 2.26. The molecule has 0 saturated heterocycles. The minimum absolute atomic E-state index is 0.0202. The highest BCUT2D eigenvalue weighted by molar-refractivity contribution is 5.82. The summed E-state index contributed by atoms with van der Waals surface area (Å²) in [5.74, 6) is -2.32. The van der Waals surface area contributed by atoms with Crippen LogP contribution < -0.4 is 0 Å². The molecule has 0 aliphatic carbocycles. The van der Waals surface area contributed by atoms with Gasteiger partial charge in [-0.25, -0.2) is 0 Å². The van der Waals surface area contributed by atoms with E-state index in [1.54, 1.807) is 28.8 Å². The Bertz CT molecular complexity index is 1090. The molecule has 0 saturated carbocycles. The number of rotatable bonds is 0. The molecule has 0 amide bonds. The normalized spacial score (nSPS) is 15.8. The van der Waals surface area contributed by atoms with E-state index in [-0.39, 0.29) is 11.3 Å². The maximum absolute atomic E-state index is 15.0. The van der Waals surface area contributed by atoms with Gasteiger partial charge in [-0.1, -0.05) is 24.3 Å². The van der Waals surface area contributed by atoms with Crippen molar-refractivity contribution in [3.63, 3.8) is 0 Å².